The van der Waals surface area contributed by atoms with Crippen LogP contribution >= 0.6 is 0 Å². The van der Waals surface area contributed by atoms with Crippen molar-refractivity contribution in [2.45, 2.75) is 45.6 Å². The lowest BCUT2D eigenvalue weighted by molar-refractivity contribution is 0.100. The van der Waals surface area contributed by atoms with E-state index in [0.29, 0.717) is 5.56 Å². The van der Waals surface area contributed by atoms with Gasteiger partial charge in [-0.15, -0.1) is 0 Å². The van der Waals surface area contributed by atoms with Gasteiger partial charge in [-0.1, -0.05) is 44.7 Å². The summed E-state index contributed by atoms with van der Waals surface area (Å²) >= 11 is 0. The number of hydrogen-bond donors (Lipinski definition) is 2. The van der Waals surface area contributed by atoms with E-state index in [4.69, 9.17) is 5.73 Å². The lowest BCUT2D eigenvalue weighted by Gasteiger charge is -2.26. The molecule has 1 saturated carbocycles. The van der Waals surface area contributed by atoms with E-state index >= 15 is 0 Å². The second kappa shape index (κ2) is 7.44. The third-order valence-electron chi connectivity index (χ3n) is 4.43. The van der Waals surface area contributed by atoms with Gasteiger partial charge in [0.25, 0.3) is 0 Å². The van der Waals surface area contributed by atoms with Gasteiger partial charge in [0.15, 0.2) is 0 Å². The molecule has 110 valence electrons. The van der Waals surface area contributed by atoms with Crippen LogP contribution in [0.5, 0.6) is 0 Å². The monoisotopic (exact) mass is 274 g/mol. The summed E-state index contributed by atoms with van der Waals surface area (Å²) in [7, 11) is 0. The molecule has 1 aromatic carbocycles. The van der Waals surface area contributed by atoms with Crippen molar-refractivity contribution in [1.29, 1.82) is 0 Å². The first kappa shape index (κ1) is 15.0. The third kappa shape index (κ3) is 4.64. The average Bonchev–Trinajstić information content (AvgIpc) is 2.46. The minimum atomic E-state index is -0.365. The summed E-state index contributed by atoms with van der Waals surface area (Å²) in [6.07, 6.45) is 6.89. The van der Waals surface area contributed by atoms with Crippen LogP contribution in [0.4, 0.5) is 0 Å². The van der Waals surface area contributed by atoms with Crippen molar-refractivity contribution in [1.82, 2.24) is 5.32 Å². The van der Waals surface area contributed by atoms with Crippen LogP contribution in [-0.2, 0) is 6.54 Å². The number of carbonyl (C=O) groups is 1. The zero-order chi connectivity index (χ0) is 14.4. The fourth-order valence-corrected chi connectivity index (χ4v) is 2.94. The Kier molecular flexibility index (Phi) is 5.60. The van der Waals surface area contributed by atoms with Gasteiger partial charge in [0.2, 0.25) is 5.91 Å². The highest BCUT2D eigenvalue weighted by atomic mass is 16.1. The van der Waals surface area contributed by atoms with Crippen molar-refractivity contribution < 1.29 is 4.79 Å². The molecule has 0 radical (unpaired) electrons. The Morgan fingerprint density at radius 1 is 1.20 bits per heavy atom. The van der Waals surface area contributed by atoms with Crippen LogP contribution in [0.1, 0.15) is 54.9 Å². The highest BCUT2D eigenvalue weighted by Crippen LogP contribution is 2.29. The fraction of sp³-hybridized carbons (Fsp3) is 0.588. The molecular weight excluding hydrogens is 248 g/mol. The largest absolute Gasteiger partial charge is 0.366 e. The third-order valence-corrected chi connectivity index (χ3v) is 4.43. The molecule has 0 unspecified atom stereocenters. The molecule has 1 amide bonds. The van der Waals surface area contributed by atoms with E-state index in [9.17, 15) is 4.79 Å². The summed E-state index contributed by atoms with van der Waals surface area (Å²) in [6.45, 7) is 4.31. The highest BCUT2D eigenvalue weighted by Gasteiger charge is 2.17. The number of nitrogens with two attached hydrogens (primary N) is 1. The Morgan fingerprint density at radius 2 is 1.85 bits per heavy atom. The Morgan fingerprint density at radius 3 is 2.45 bits per heavy atom. The van der Waals surface area contributed by atoms with Crippen LogP contribution in [0, 0.1) is 11.8 Å². The van der Waals surface area contributed by atoms with Crippen LogP contribution in [0.3, 0.4) is 0 Å². The van der Waals surface area contributed by atoms with E-state index in [2.05, 4.69) is 12.2 Å². The quantitative estimate of drug-likeness (QED) is 0.783. The Bertz CT molecular complexity index is 419. The lowest BCUT2D eigenvalue weighted by atomic mass is 9.81. The van der Waals surface area contributed by atoms with Gasteiger partial charge in [-0.25, -0.2) is 0 Å². The molecule has 0 saturated heterocycles. The van der Waals surface area contributed by atoms with E-state index in [1.807, 2.05) is 12.1 Å². The van der Waals surface area contributed by atoms with Crippen molar-refractivity contribution in [3.63, 3.8) is 0 Å². The molecule has 3 heteroatoms. The molecule has 0 atom stereocenters. The Hall–Kier alpha value is -1.35. The second-order valence-corrected chi connectivity index (χ2v) is 6.15. The van der Waals surface area contributed by atoms with E-state index < -0.39 is 0 Å². The van der Waals surface area contributed by atoms with Gasteiger partial charge in [-0.2, -0.15) is 0 Å². The first-order chi connectivity index (χ1) is 9.65. The molecule has 0 aromatic heterocycles. The standard InChI is InChI=1S/C17H26N2O/c1-13-2-4-14(5-3-13)10-11-19-12-15-6-8-16(9-7-15)17(18)20/h6-9,13-14,19H,2-5,10-12H2,1H3,(H2,18,20). The first-order valence-corrected chi connectivity index (χ1v) is 7.74. The molecule has 1 aromatic rings. The van der Waals surface area contributed by atoms with Crippen molar-refractivity contribution >= 4 is 5.91 Å². The maximum absolute atomic E-state index is 11.0. The number of hydrogen-bond acceptors (Lipinski definition) is 2. The molecule has 2 rings (SSSR count). The molecule has 20 heavy (non-hydrogen) atoms. The number of amides is 1. The zero-order valence-corrected chi connectivity index (χ0v) is 12.4. The van der Waals surface area contributed by atoms with Gasteiger partial charge < -0.3 is 11.1 Å². The van der Waals surface area contributed by atoms with E-state index in [1.165, 1.54) is 37.7 Å². The maximum atomic E-state index is 11.0. The summed E-state index contributed by atoms with van der Waals surface area (Å²) in [5.41, 5.74) is 7.00. The van der Waals surface area contributed by atoms with Crippen LogP contribution in [0.2, 0.25) is 0 Å². The summed E-state index contributed by atoms with van der Waals surface area (Å²) in [5.74, 6) is 1.48. The molecule has 1 fully saturated rings. The SMILES string of the molecule is CC1CCC(CCNCc2ccc(C(N)=O)cc2)CC1. The lowest BCUT2D eigenvalue weighted by Crippen LogP contribution is -2.20. The summed E-state index contributed by atoms with van der Waals surface area (Å²) in [6, 6.07) is 7.52. The van der Waals surface area contributed by atoms with Crippen molar-refractivity contribution in [3.8, 4) is 0 Å². The summed E-state index contributed by atoms with van der Waals surface area (Å²) in [5, 5.41) is 3.49. The molecule has 1 aliphatic carbocycles. The number of primary amides is 1. The van der Waals surface area contributed by atoms with Crippen LogP contribution in [0.25, 0.3) is 0 Å². The molecule has 0 heterocycles. The van der Waals surface area contributed by atoms with Gasteiger partial charge in [-0.05, 0) is 42.5 Å². The van der Waals surface area contributed by atoms with Gasteiger partial charge in [0, 0.05) is 12.1 Å². The number of benzene rings is 1. The minimum Gasteiger partial charge on any atom is -0.366 e. The molecule has 0 aliphatic heterocycles. The molecular formula is C17H26N2O. The minimum absolute atomic E-state index is 0.365. The molecule has 0 bridgehead atoms. The zero-order valence-electron chi connectivity index (χ0n) is 12.4. The maximum Gasteiger partial charge on any atom is 0.248 e. The Balaban J connectivity index is 1.64. The molecule has 0 spiro atoms. The van der Waals surface area contributed by atoms with Gasteiger partial charge in [0.1, 0.15) is 0 Å². The number of carbonyl (C=O) groups excluding carboxylic acids is 1. The average molecular weight is 274 g/mol. The van der Waals surface area contributed by atoms with Crippen LogP contribution in [0.15, 0.2) is 24.3 Å². The van der Waals surface area contributed by atoms with Crippen LogP contribution < -0.4 is 11.1 Å². The second-order valence-electron chi connectivity index (χ2n) is 6.15. The van der Waals surface area contributed by atoms with E-state index in [-0.39, 0.29) is 5.91 Å². The summed E-state index contributed by atoms with van der Waals surface area (Å²) in [4.78, 5) is 11.0. The number of rotatable bonds is 6. The number of nitrogens with one attached hydrogen (secondary N) is 1. The Labute approximate surface area is 121 Å². The van der Waals surface area contributed by atoms with Gasteiger partial charge >= 0.3 is 0 Å². The predicted octanol–water partition coefficient (Wildman–Crippen LogP) is 3.09. The molecule has 3 nitrogen and oxygen atoms in total. The predicted molar refractivity (Wildman–Crippen MR) is 82.4 cm³/mol. The van der Waals surface area contributed by atoms with Crippen molar-refractivity contribution in [3.05, 3.63) is 35.4 Å². The van der Waals surface area contributed by atoms with Gasteiger partial charge in [0.05, 0.1) is 0 Å². The fourth-order valence-electron chi connectivity index (χ4n) is 2.94. The van der Waals surface area contributed by atoms with Crippen LogP contribution in [-0.4, -0.2) is 12.5 Å². The summed E-state index contributed by atoms with van der Waals surface area (Å²) < 4.78 is 0. The van der Waals surface area contributed by atoms with E-state index in [1.54, 1.807) is 12.1 Å². The normalized spacial score (nSPS) is 22.6. The van der Waals surface area contributed by atoms with Gasteiger partial charge in [-0.3, -0.25) is 4.79 Å². The van der Waals surface area contributed by atoms with E-state index in [0.717, 1.165) is 24.9 Å². The molecule has 1 aliphatic rings. The van der Waals surface area contributed by atoms with Crippen molar-refractivity contribution in [2.75, 3.05) is 6.54 Å². The van der Waals surface area contributed by atoms with Crippen molar-refractivity contribution in [2.24, 2.45) is 17.6 Å². The topological polar surface area (TPSA) is 55.1 Å². The molecule has 3 N–H and O–H groups in total. The highest BCUT2D eigenvalue weighted by molar-refractivity contribution is 5.92. The first-order valence-electron chi connectivity index (χ1n) is 7.74. The smallest absolute Gasteiger partial charge is 0.248 e.